The van der Waals surface area contributed by atoms with Crippen LogP contribution in [-0.2, 0) is 9.84 Å². The van der Waals surface area contributed by atoms with Crippen molar-refractivity contribution in [2.45, 2.75) is 88.8 Å². The largest absolute Gasteiger partial charge is 0.412 e. The van der Waals surface area contributed by atoms with Crippen molar-refractivity contribution < 1.29 is 14.6 Å². The standard InChI is InChI=1S/C32H44O3Si/c1-7-28(33)23-29(34)24-30(35-36(5,6)31(2,3)4)32(25-17-11-8-12-18-25,26-19-13-9-14-20-26)27-21-15-10-16-22-27/h8-22,28-30,33-34H,7,23-24H2,1-6H3/t28-,29-,30-/m0/s1. The first-order valence-electron chi connectivity index (χ1n) is 13.2. The van der Waals surface area contributed by atoms with Gasteiger partial charge in [0, 0.05) is 0 Å². The molecule has 0 saturated heterocycles. The van der Waals surface area contributed by atoms with Gasteiger partial charge in [0.15, 0.2) is 8.32 Å². The van der Waals surface area contributed by atoms with Gasteiger partial charge in [-0.05, 0) is 54.1 Å². The van der Waals surface area contributed by atoms with Crippen LogP contribution in [0.15, 0.2) is 91.0 Å². The Labute approximate surface area is 219 Å². The van der Waals surface area contributed by atoms with E-state index in [1.807, 2.05) is 25.1 Å². The number of aliphatic hydroxyl groups is 2. The minimum absolute atomic E-state index is 0.00502. The summed E-state index contributed by atoms with van der Waals surface area (Å²) in [6.45, 7) is 13.3. The average Bonchev–Trinajstić information content (AvgIpc) is 2.85. The number of hydrogen-bond acceptors (Lipinski definition) is 3. The Balaban J connectivity index is 2.32. The molecule has 0 amide bonds. The van der Waals surface area contributed by atoms with Crippen LogP contribution < -0.4 is 0 Å². The fraction of sp³-hybridized carbons (Fsp3) is 0.438. The van der Waals surface area contributed by atoms with E-state index in [2.05, 4.69) is 107 Å². The van der Waals surface area contributed by atoms with E-state index in [0.717, 1.165) is 16.7 Å². The molecule has 0 saturated carbocycles. The van der Waals surface area contributed by atoms with E-state index in [4.69, 9.17) is 4.43 Å². The molecule has 0 heterocycles. The van der Waals surface area contributed by atoms with E-state index in [1.165, 1.54) is 0 Å². The molecule has 3 nitrogen and oxygen atoms in total. The quantitative estimate of drug-likeness (QED) is 0.212. The van der Waals surface area contributed by atoms with Gasteiger partial charge < -0.3 is 14.6 Å². The normalized spacial score (nSPS) is 15.3. The number of benzene rings is 3. The Morgan fingerprint density at radius 3 is 1.39 bits per heavy atom. The van der Waals surface area contributed by atoms with Crippen molar-refractivity contribution in [2.75, 3.05) is 0 Å². The number of rotatable bonds is 11. The average molecular weight is 505 g/mol. The van der Waals surface area contributed by atoms with Crippen LogP contribution in [-0.4, -0.2) is 36.8 Å². The van der Waals surface area contributed by atoms with Gasteiger partial charge in [-0.1, -0.05) is 119 Å². The van der Waals surface area contributed by atoms with Gasteiger partial charge in [0.2, 0.25) is 0 Å². The Kier molecular flexibility index (Phi) is 9.34. The summed E-state index contributed by atoms with van der Waals surface area (Å²) in [5.74, 6) is 0. The van der Waals surface area contributed by atoms with Crippen LogP contribution >= 0.6 is 0 Å². The fourth-order valence-electron chi connectivity index (χ4n) is 4.83. The molecular weight excluding hydrogens is 460 g/mol. The first kappa shape index (κ1) is 28.3. The Bertz CT molecular complexity index is 948. The third-order valence-corrected chi connectivity index (χ3v) is 12.4. The molecule has 3 rings (SSSR count). The molecule has 3 atom stereocenters. The summed E-state index contributed by atoms with van der Waals surface area (Å²) in [6.07, 6.45) is -0.195. The molecule has 0 aliphatic rings. The molecule has 194 valence electrons. The number of hydrogen-bond donors (Lipinski definition) is 2. The van der Waals surface area contributed by atoms with Gasteiger partial charge in [-0.3, -0.25) is 0 Å². The van der Waals surface area contributed by atoms with Gasteiger partial charge in [-0.25, -0.2) is 0 Å². The van der Waals surface area contributed by atoms with Crippen LogP contribution in [0.1, 0.15) is 63.6 Å². The van der Waals surface area contributed by atoms with Crippen LogP contribution in [0.2, 0.25) is 18.1 Å². The Morgan fingerprint density at radius 1 is 0.667 bits per heavy atom. The van der Waals surface area contributed by atoms with Crippen molar-refractivity contribution in [2.24, 2.45) is 0 Å². The second-order valence-electron chi connectivity index (χ2n) is 11.5. The Morgan fingerprint density at radius 2 is 1.06 bits per heavy atom. The molecular formula is C32H44O3Si. The Hall–Kier alpha value is -2.24. The minimum atomic E-state index is -2.27. The molecule has 0 aromatic heterocycles. The van der Waals surface area contributed by atoms with Crippen LogP contribution in [0.5, 0.6) is 0 Å². The topological polar surface area (TPSA) is 49.7 Å². The van der Waals surface area contributed by atoms with E-state index in [-0.39, 0.29) is 11.1 Å². The van der Waals surface area contributed by atoms with Gasteiger partial charge in [0.05, 0.1) is 23.7 Å². The summed E-state index contributed by atoms with van der Waals surface area (Å²) in [6, 6.07) is 31.7. The zero-order valence-electron chi connectivity index (χ0n) is 22.8. The SMILES string of the molecule is CC[C@H](O)C[C@H](O)C[C@H](O[Si](C)(C)C(C)(C)C)C(c1ccccc1)(c1ccccc1)c1ccccc1. The molecule has 2 N–H and O–H groups in total. The monoisotopic (exact) mass is 504 g/mol. The zero-order chi connectivity index (χ0) is 26.4. The lowest BCUT2D eigenvalue weighted by atomic mass is 9.64. The highest BCUT2D eigenvalue weighted by atomic mass is 28.4. The molecule has 0 fully saturated rings. The smallest absolute Gasteiger partial charge is 0.192 e. The lowest BCUT2D eigenvalue weighted by molar-refractivity contribution is 0.0271. The maximum absolute atomic E-state index is 11.3. The van der Waals surface area contributed by atoms with Crippen LogP contribution in [0.3, 0.4) is 0 Å². The lowest BCUT2D eigenvalue weighted by Gasteiger charge is -2.48. The van der Waals surface area contributed by atoms with E-state index in [9.17, 15) is 10.2 Å². The van der Waals surface area contributed by atoms with Crippen LogP contribution in [0, 0.1) is 0 Å². The zero-order valence-corrected chi connectivity index (χ0v) is 23.8. The second-order valence-corrected chi connectivity index (χ2v) is 16.2. The highest BCUT2D eigenvalue weighted by molar-refractivity contribution is 6.74. The third-order valence-electron chi connectivity index (χ3n) is 7.91. The van der Waals surface area contributed by atoms with Crippen molar-refractivity contribution in [3.63, 3.8) is 0 Å². The maximum atomic E-state index is 11.3. The van der Waals surface area contributed by atoms with Crippen LogP contribution in [0.4, 0.5) is 0 Å². The van der Waals surface area contributed by atoms with Gasteiger partial charge >= 0.3 is 0 Å². The van der Waals surface area contributed by atoms with Crippen molar-refractivity contribution in [3.8, 4) is 0 Å². The first-order chi connectivity index (χ1) is 17.0. The van der Waals surface area contributed by atoms with E-state index >= 15 is 0 Å². The third kappa shape index (κ3) is 6.17. The van der Waals surface area contributed by atoms with Crippen LogP contribution in [0.25, 0.3) is 0 Å². The summed E-state index contributed by atoms with van der Waals surface area (Å²) in [7, 11) is -2.27. The molecule has 0 unspecified atom stereocenters. The minimum Gasteiger partial charge on any atom is -0.412 e. The van der Waals surface area contributed by atoms with Crippen molar-refractivity contribution in [3.05, 3.63) is 108 Å². The molecule has 36 heavy (non-hydrogen) atoms. The lowest BCUT2D eigenvalue weighted by Crippen LogP contribution is -2.53. The molecule has 3 aromatic rings. The molecule has 0 bridgehead atoms. The number of aliphatic hydroxyl groups excluding tert-OH is 2. The van der Waals surface area contributed by atoms with E-state index in [1.54, 1.807) is 0 Å². The molecule has 0 radical (unpaired) electrons. The summed E-state index contributed by atoms with van der Waals surface area (Å²) in [5.41, 5.74) is 2.76. The van der Waals surface area contributed by atoms with Crippen molar-refractivity contribution in [1.82, 2.24) is 0 Å². The summed E-state index contributed by atoms with van der Waals surface area (Å²) < 4.78 is 7.31. The predicted molar refractivity (Wildman–Crippen MR) is 153 cm³/mol. The maximum Gasteiger partial charge on any atom is 0.192 e. The highest BCUT2D eigenvalue weighted by Gasteiger charge is 2.49. The molecule has 4 heteroatoms. The van der Waals surface area contributed by atoms with Gasteiger partial charge in [-0.15, -0.1) is 0 Å². The summed E-state index contributed by atoms with van der Waals surface area (Å²) in [5, 5.41) is 21.7. The van der Waals surface area contributed by atoms with Gasteiger partial charge in [-0.2, -0.15) is 0 Å². The fourth-order valence-corrected chi connectivity index (χ4v) is 6.17. The molecule has 0 aliphatic carbocycles. The van der Waals surface area contributed by atoms with E-state index in [0.29, 0.717) is 19.3 Å². The van der Waals surface area contributed by atoms with Gasteiger partial charge in [0.25, 0.3) is 0 Å². The summed E-state index contributed by atoms with van der Waals surface area (Å²) in [4.78, 5) is 0. The second kappa shape index (κ2) is 11.9. The molecule has 0 aliphatic heterocycles. The predicted octanol–water partition coefficient (Wildman–Crippen LogP) is 7.32. The van der Waals surface area contributed by atoms with Crippen molar-refractivity contribution in [1.29, 1.82) is 0 Å². The van der Waals surface area contributed by atoms with Crippen molar-refractivity contribution >= 4 is 8.32 Å². The van der Waals surface area contributed by atoms with Gasteiger partial charge in [0.1, 0.15) is 0 Å². The summed E-state index contributed by atoms with van der Waals surface area (Å²) >= 11 is 0. The molecule has 3 aromatic carbocycles. The highest BCUT2D eigenvalue weighted by Crippen LogP contribution is 2.48. The molecule has 0 spiro atoms. The first-order valence-corrected chi connectivity index (χ1v) is 16.1. The van der Waals surface area contributed by atoms with E-state index < -0.39 is 25.9 Å².